The Labute approximate surface area is 131 Å². The molecule has 0 bridgehead atoms. The van der Waals surface area contributed by atoms with E-state index in [-0.39, 0.29) is 29.2 Å². The molecule has 0 fully saturated rings. The average Bonchev–Trinajstić information content (AvgIpc) is 2.23. The summed E-state index contributed by atoms with van der Waals surface area (Å²) in [5.41, 5.74) is 0.763. The Hall–Kier alpha value is 0.00740. The van der Waals surface area contributed by atoms with Gasteiger partial charge in [0.05, 0.1) is 0 Å². The second-order valence-corrected chi connectivity index (χ2v) is 10.4. The van der Waals surface area contributed by atoms with Crippen LogP contribution in [0.5, 0.6) is 0 Å². The first-order valence-electron chi connectivity index (χ1n) is 6.40. The number of anilines is 1. The number of benzene rings is 1. The molecule has 0 aliphatic heterocycles. The fraction of sp³-hybridized carbons (Fsp3) is 0.600. The van der Waals surface area contributed by atoms with Crippen LogP contribution >= 0.6 is 7.92 Å². The van der Waals surface area contributed by atoms with E-state index >= 15 is 0 Å². The van der Waals surface area contributed by atoms with E-state index < -0.39 is 7.92 Å². The molecule has 0 heterocycles. The molecule has 2 nitrogen and oxygen atoms in total. The maximum absolute atomic E-state index is 12.3. The zero-order valence-electron chi connectivity index (χ0n) is 13.4. The third-order valence-corrected chi connectivity index (χ3v) is 6.71. The smallest absolute Gasteiger partial charge is 0.758 e. The van der Waals surface area contributed by atoms with Crippen LogP contribution in [0.1, 0.15) is 41.5 Å². The van der Waals surface area contributed by atoms with Crippen molar-refractivity contribution in [2.24, 2.45) is 0 Å². The number of nitrogens with zero attached hydrogens (tertiary/aromatic N) is 1. The van der Waals surface area contributed by atoms with Gasteiger partial charge in [-0.1, -0.05) is 67.7 Å². The molecule has 0 N–H and O–H groups in total. The molecule has 0 aliphatic carbocycles. The third kappa shape index (κ3) is 5.88. The van der Waals surface area contributed by atoms with Crippen molar-refractivity contribution in [3.8, 4) is 0 Å². The predicted octanol–water partition coefficient (Wildman–Crippen LogP) is 2.03. The zero-order valence-corrected chi connectivity index (χ0v) is 14.3. The van der Waals surface area contributed by atoms with E-state index in [0.717, 1.165) is 10.8 Å². The first-order chi connectivity index (χ1) is 8.12. The molecule has 0 radical (unpaired) electrons. The van der Waals surface area contributed by atoms with Gasteiger partial charge in [0.1, 0.15) is 0 Å². The minimum atomic E-state index is -0.392. The van der Waals surface area contributed by atoms with E-state index in [9.17, 15) is 5.21 Å². The Bertz CT molecular complexity index is 356. The zero-order chi connectivity index (χ0) is 14.0. The van der Waals surface area contributed by atoms with Gasteiger partial charge >= 0.3 is 18.9 Å². The van der Waals surface area contributed by atoms with E-state index in [1.165, 1.54) is 0 Å². The fourth-order valence-corrected chi connectivity index (χ4v) is 5.52. The molecule has 0 unspecified atom stereocenters. The van der Waals surface area contributed by atoms with Crippen LogP contribution in [0.15, 0.2) is 30.3 Å². The van der Waals surface area contributed by atoms with Crippen molar-refractivity contribution in [2.75, 3.05) is 11.3 Å². The van der Waals surface area contributed by atoms with Gasteiger partial charge in [0.25, 0.3) is 0 Å². The number of para-hydroxylation sites is 1. The summed E-state index contributed by atoms with van der Waals surface area (Å²) in [5.74, 6) is 0. The van der Waals surface area contributed by atoms with Crippen LogP contribution in [0.25, 0.3) is 0 Å². The van der Waals surface area contributed by atoms with E-state index in [1.807, 2.05) is 30.3 Å². The molecule has 0 aliphatic rings. The molecule has 0 aromatic heterocycles. The molecular formula is C15H25LiNOP. The van der Waals surface area contributed by atoms with Gasteiger partial charge in [-0.2, -0.15) is 0 Å². The van der Waals surface area contributed by atoms with Gasteiger partial charge in [0, 0.05) is 12.0 Å². The Balaban J connectivity index is 0.00000324. The topological polar surface area (TPSA) is 26.3 Å². The summed E-state index contributed by atoms with van der Waals surface area (Å²) in [5, 5.41) is 13.8. The molecule has 0 amide bonds. The Morgan fingerprint density at radius 1 is 0.947 bits per heavy atom. The molecule has 0 saturated heterocycles. The third-order valence-electron chi connectivity index (χ3n) is 2.93. The summed E-state index contributed by atoms with van der Waals surface area (Å²) in [4.78, 5) is 0. The van der Waals surface area contributed by atoms with Crippen LogP contribution < -0.4 is 23.9 Å². The molecule has 1 aromatic rings. The summed E-state index contributed by atoms with van der Waals surface area (Å²) < 4.78 is 0. The first kappa shape index (κ1) is 19.0. The Morgan fingerprint density at radius 3 is 1.74 bits per heavy atom. The minimum Gasteiger partial charge on any atom is -0.758 e. The standard InChI is InChI=1S/C15H25NOP.Li/c1-14(2,3)18(15(4,5)6)12-16(17)13-10-8-7-9-11-13;/h7-11H,12H2,1-6H3;/q-1;+1. The second kappa shape index (κ2) is 7.14. The average molecular weight is 273 g/mol. The maximum Gasteiger partial charge on any atom is 1.00 e. The van der Waals surface area contributed by atoms with E-state index in [1.54, 1.807) is 0 Å². The molecule has 1 rings (SSSR count). The monoisotopic (exact) mass is 273 g/mol. The number of rotatable bonds is 3. The van der Waals surface area contributed by atoms with Gasteiger partial charge in [-0.05, 0) is 22.4 Å². The second-order valence-electron chi connectivity index (χ2n) is 6.63. The van der Waals surface area contributed by atoms with E-state index in [2.05, 4.69) is 41.5 Å². The van der Waals surface area contributed by atoms with Gasteiger partial charge < -0.3 is 10.3 Å². The molecule has 1 aromatic carbocycles. The molecule has 4 heteroatoms. The van der Waals surface area contributed by atoms with Crippen LogP contribution in [0.3, 0.4) is 0 Å². The molecule has 0 atom stereocenters. The van der Waals surface area contributed by atoms with Crippen LogP contribution in [-0.2, 0) is 0 Å². The largest absolute Gasteiger partial charge is 1.00 e. The summed E-state index contributed by atoms with van der Waals surface area (Å²) in [6.07, 6.45) is 0.604. The Morgan fingerprint density at radius 2 is 1.37 bits per heavy atom. The number of hydrogen-bond donors (Lipinski definition) is 0. The minimum absolute atomic E-state index is 0. The fourth-order valence-electron chi connectivity index (χ4n) is 2.23. The van der Waals surface area contributed by atoms with Gasteiger partial charge in [0.2, 0.25) is 0 Å². The molecule has 0 saturated carbocycles. The van der Waals surface area contributed by atoms with E-state index in [0.29, 0.717) is 6.29 Å². The van der Waals surface area contributed by atoms with Gasteiger partial charge in [-0.3, -0.25) is 0 Å². The number of hydrogen-bond acceptors (Lipinski definition) is 2. The van der Waals surface area contributed by atoms with Crippen molar-refractivity contribution in [3.63, 3.8) is 0 Å². The normalized spacial score (nSPS) is 12.2. The molecular weight excluding hydrogens is 248 g/mol. The Kier molecular flexibility index (Phi) is 7.14. The van der Waals surface area contributed by atoms with Crippen LogP contribution in [0, 0.1) is 5.21 Å². The number of hydroxylamine groups is 1. The summed E-state index contributed by atoms with van der Waals surface area (Å²) in [6.45, 7) is 13.4. The van der Waals surface area contributed by atoms with Crippen molar-refractivity contribution in [3.05, 3.63) is 35.5 Å². The molecule has 0 spiro atoms. The first-order valence-corrected chi connectivity index (χ1v) is 7.92. The van der Waals surface area contributed by atoms with Crippen molar-refractivity contribution >= 4 is 13.6 Å². The van der Waals surface area contributed by atoms with Gasteiger partial charge in [-0.15, -0.1) is 0 Å². The van der Waals surface area contributed by atoms with Crippen LogP contribution in [0.2, 0.25) is 0 Å². The van der Waals surface area contributed by atoms with Crippen molar-refractivity contribution in [2.45, 2.75) is 51.9 Å². The van der Waals surface area contributed by atoms with Gasteiger partial charge in [0.15, 0.2) is 0 Å². The molecule has 102 valence electrons. The van der Waals surface area contributed by atoms with Crippen molar-refractivity contribution in [1.29, 1.82) is 0 Å². The summed E-state index contributed by atoms with van der Waals surface area (Å²) >= 11 is 0. The van der Waals surface area contributed by atoms with Crippen molar-refractivity contribution in [1.82, 2.24) is 0 Å². The van der Waals surface area contributed by atoms with Gasteiger partial charge in [-0.25, -0.2) is 0 Å². The summed E-state index contributed by atoms with van der Waals surface area (Å²) in [6, 6.07) is 9.53. The van der Waals surface area contributed by atoms with Crippen LogP contribution in [0.4, 0.5) is 5.69 Å². The maximum atomic E-state index is 12.3. The SMILES string of the molecule is CC(C)(C)P(CN([O-])c1ccccc1)C(C)(C)C.[Li+]. The molecule has 19 heavy (non-hydrogen) atoms. The quantitative estimate of drug-likeness (QED) is 0.478. The predicted molar refractivity (Wildman–Crippen MR) is 83.6 cm³/mol. The summed E-state index contributed by atoms with van der Waals surface area (Å²) in [7, 11) is -0.392. The van der Waals surface area contributed by atoms with E-state index in [4.69, 9.17) is 0 Å². The van der Waals surface area contributed by atoms with Crippen molar-refractivity contribution < 1.29 is 18.9 Å². The van der Waals surface area contributed by atoms with Crippen LogP contribution in [-0.4, -0.2) is 16.6 Å².